The van der Waals surface area contributed by atoms with Gasteiger partial charge in [-0.15, -0.1) is 0 Å². The van der Waals surface area contributed by atoms with Crippen molar-refractivity contribution >= 4 is 0 Å². The average Bonchev–Trinajstić information content (AvgIpc) is 2.16. The van der Waals surface area contributed by atoms with Crippen LogP contribution in [-0.2, 0) is 6.42 Å². The molecule has 0 spiro atoms. The lowest BCUT2D eigenvalue weighted by atomic mass is 9.78. The molecule has 0 unspecified atom stereocenters. The van der Waals surface area contributed by atoms with Crippen LogP contribution in [0.2, 0.25) is 0 Å². The van der Waals surface area contributed by atoms with E-state index >= 15 is 0 Å². The Labute approximate surface area is 85.3 Å². The molecule has 0 aliphatic carbocycles. The van der Waals surface area contributed by atoms with Crippen molar-refractivity contribution in [1.82, 2.24) is 5.32 Å². The first-order valence-electron chi connectivity index (χ1n) is 5.06. The lowest BCUT2D eigenvalue weighted by Crippen LogP contribution is -2.52. The average molecular weight is 191 g/mol. The van der Waals surface area contributed by atoms with Crippen LogP contribution in [0.1, 0.15) is 12.5 Å². The van der Waals surface area contributed by atoms with Crippen molar-refractivity contribution in [1.29, 1.82) is 0 Å². The highest BCUT2D eigenvalue weighted by Crippen LogP contribution is 2.27. The van der Waals surface area contributed by atoms with Crippen molar-refractivity contribution in [3.05, 3.63) is 29.8 Å². The quantitative estimate of drug-likeness (QED) is 0.787. The monoisotopic (exact) mass is 191 g/mol. The normalized spacial score (nSPS) is 18.7. The summed E-state index contributed by atoms with van der Waals surface area (Å²) in [4.78, 5) is 0. The van der Waals surface area contributed by atoms with Crippen LogP contribution < -0.4 is 10.1 Å². The van der Waals surface area contributed by atoms with Gasteiger partial charge in [0.05, 0.1) is 7.11 Å². The summed E-state index contributed by atoms with van der Waals surface area (Å²) in [7, 11) is 1.71. The third kappa shape index (κ3) is 1.90. The van der Waals surface area contributed by atoms with Gasteiger partial charge in [0.25, 0.3) is 0 Å². The number of rotatable bonds is 3. The summed E-state index contributed by atoms with van der Waals surface area (Å²) in [5.41, 5.74) is 1.82. The van der Waals surface area contributed by atoms with Gasteiger partial charge in [0.1, 0.15) is 5.75 Å². The maximum absolute atomic E-state index is 5.21. The van der Waals surface area contributed by atoms with Crippen LogP contribution in [0.25, 0.3) is 0 Å². The van der Waals surface area contributed by atoms with E-state index in [0.29, 0.717) is 5.41 Å². The molecule has 1 fully saturated rings. The Balaban J connectivity index is 2.08. The molecule has 1 aromatic rings. The second-order valence-electron chi connectivity index (χ2n) is 4.44. The second kappa shape index (κ2) is 3.62. The Morgan fingerprint density at radius 1 is 1.43 bits per heavy atom. The van der Waals surface area contributed by atoms with Crippen LogP contribution in [0.3, 0.4) is 0 Å². The fraction of sp³-hybridized carbons (Fsp3) is 0.500. The number of nitrogens with one attached hydrogen (secondary N) is 1. The van der Waals surface area contributed by atoms with E-state index in [1.165, 1.54) is 5.56 Å². The highest BCUT2D eigenvalue weighted by atomic mass is 16.5. The van der Waals surface area contributed by atoms with E-state index < -0.39 is 0 Å². The molecule has 0 atom stereocenters. The predicted octanol–water partition coefficient (Wildman–Crippen LogP) is 1.85. The molecule has 2 rings (SSSR count). The summed E-state index contributed by atoms with van der Waals surface area (Å²) in [6, 6.07) is 8.35. The Kier molecular flexibility index (Phi) is 2.46. The van der Waals surface area contributed by atoms with Gasteiger partial charge < -0.3 is 10.1 Å². The lowest BCUT2D eigenvalue weighted by Gasteiger charge is -2.39. The third-order valence-electron chi connectivity index (χ3n) is 2.87. The van der Waals surface area contributed by atoms with Crippen molar-refractivity contribution in [2.24, 2.45) is 5.41 Å². The molecule has 2 nitrogen and oxygen atoms in total. The largest absolute Gasteiger partial charge is 0.497 e. The molecule has 1 aliphatic heterocycles. The standard InChI is InChI=1S/C12H17NO/c1-12(8-13-9-12)7-10-4-3-5-11(6-10)14-2/h3-6,13H,7-9H2,1-2H3. The predicted molar refractivity (Wildman–Crippen MR) is 57.7 cm³/mol. The van der Waals surface area contributed by atoms with E-state index in [-0.39, 0.29) is 0 Å². The maximum Gasteiger partial charge on any atom is 0.119 e. The molecule has 0 amide bonds. The van der Waals surface area contributed by atoms with Gasteiger partial charge in [-0.3, -0.25) is 0 Å². The number of hydrogen-bond donors (Lipinski definition) is 1. The summed E-state index contributed by atoms with van der Waals surface area (Å²) in [5, 5.41) is 3.32. The van der Waals surface area contributed by atoms with Crippen molar-refractivity contribution in [2.75, 3.05) is 20.2 Å². The van der Waals surface area contributed by atoms with Crippen molar-refractivity contribution in [2.45, 2.75) is 13.3 Å². The Bertz CT molecular complexity index is 318. The minimum Gasteiger partial charge on any atom is -0.497 e. The van der Waals surface area contributed by atoms with E-state index in [1.807, 2.05) is 6.07 Å². The highest BCUT2D eigenvalue weighted by molar-refractivity contribution is 5.29. The van der Waals surface area contributed by atoms with Crippen molar-refractivity contribution < 1.29 is 4.74 Å². The first-order valence-corrected chi connectivity index (χ1v) is 5.06. The van der Waals surface area contributed by atoms with Crippen LogP contribution in [0, 0.1) is 5.41 Å². The molecule has 0 bridgehead atoms. The van der Waals surface area contributed by atoms with E-state index in [0.717, 1.165) is 25.3 Å². The summed E-state index contributed by atoms with van der Waals surface area (Å²) in [5.74, 6) is 0.957. The first kappa shape index (κ1) is 9.53. The maximum atomic E-state index is 5.21. The molecule has 1 aliphatic rings. The molecule has 76 valence electrons. The zero-order chi connectivity index (χ0) is 10.0. The summed E-state index contributed by atoms with van der Waals surface area (Å²) in [6.07, 6.45) is 1.14. The summed E-state index contributed by atoms with van der Waals surface area (Å²) >= 11 is 0. The summed E-state index contributed by atoms with van der Waals surface area (Å²) < 4.78 is 5.21. The highest BCUT2D eigenvalue weighted by Gasteiger charge is 2.31. The molecule has 1 saturated heterocycles. The Hall–Kier alpha value is -1.02. The first-order chi connectivity index (χ1) is 6.72. The third-order valence-corrected chi connectivity index (χ3v) is 2.87. The van der Waals surface area contributed by atoms with E-state index in [9.17, 15) is 0 Å². The SMILES string of the molecule is COc1cccc(CC2(C)CNC2)c1. The van der Waals surface area contributed by atoms with Crippen LogP contribution >= 0.6 is 0 Å². The van der Waals surface area contributed by atoms with E-state index in [2.05, 4.69) is 30.4 Å². The van der Waals surface area contributed by atoms with Gasteiger partial charge in [-0.25, -0.2) is 0 Å². The number of ether oxygens (including phenoxy) is 1. The van der Waals surface area contributed by atoms with Gasteiger partial charge in [0.2, 0.25) is 0 Å². The molecule has 14 heavy (non-hydrogen) atoms. The Morgan fingerprint density at radius 2 is 2.21 bits per heavy atom. The number of hydrogen-bond acceptors (Lipinski definition) is 2. The molecule has 0 aromatic heterocycles. The molecule has 0 radical (unpaired) electrons. The van der Waals surface area contributed by atoms with Gasteiger partial charge in [0.15, 0.2) is 0 Å². The van der Waals surface area contributed by atoms with Crippen molar-refractivity contribution in [3.63, 3.8) is 0 Å². The van der Waals surface area contributed by atoms with Gasteiger partial charge in [-0.2, -0.15) is 0 Å². The minimum absolute atomic E-state index is 0.451. The smallest absolute Gasteiger partial charge is 0.119 e. The molecular formula is C12H17NO. The van der Waals surface area contributed by atoms with E-state index in [1.54, 1.807) is 7.11 Å². The number of methoxy groups -OCH3 is 1. The lowest BCUT2D eigenvalue weighted by molar-refractivity contribution is 0.195. The molecule has 1 N–H and O–H groups in total. The van der Waals surface area contributed by atoms with Crippen LogP contribution in [0.4, 0.5) is 0 Å². The van der Waals surface area contributed by atoms with E-state index in [4.69, 9.17) is 4.74 Å². The van der Waals surface area contributed by atoms with Crippen molar-refractivity contribution in [3.8, 4) is 5.75 Å². The van der Waals surface area contributed by atoms with Crippen LogP contribution in [0.5, 0.6) is 5.75 Å². The second-order valence-corrected chi connectivity index (χ2v) is 4.44. The van der Waals surface area contributed by atoms with Crippen LogP contribution in [0.15, 0.2) is 24.3 Å². The van der Waals surface area contributed by atoms with Gasteiger partial charge in [-0.1, -0.05) is 19.1 Å². The topological polar surface area (TPSA) is 21.3 Å². The zero-order valence-electron chi connectivity index (χ0n) is 8.84. The van der Waals surface area contributed by atoms with Gasteiger partial charge in [-0.05, 0) is 29.5 Å². The molecule has 2 heteroatoms. The zero-order valence-corrected chi connectivity index (χ0v) is 8.84. The fourth-order valence-corrected chi connectivity index (χ4v) is 1.95. The molecular weight excluding hydrogens is 174 g/mol. The molecule has 1 aromatic carbocycles. The molecule has 1 heterocycles. The molecule has 0 saturated carbocycles. The minimum atomic E-state index is 0.451. The van der Waals surface area contributed by atoms with Crippen LogP contribution in [-0.4, -0.2) is 20.2 Å². The number of benzene rings is 1. The summed E-state index contributed by atoms with van der Waals surface area (Å²) in [6.45, 7) is 4.58. The van der Waals surface area contributed by atoms with Gasteiger partial charge >= 0.3 is 0 Å². The fourth-order valence-electron chi connectivity index (χ4n) is 1.95. The van der Waals surface area contributed by atoms with Gasteiger partial charge in [0, 0.05) is 13.1 Å². The Morgan fingerprint density at radius 3 is 2.79 bits per heavy atom.